The van der Waals surface area contributed by atoms with Crippen molar-refractivity contribution in [2.75, 3.05) is 26.2 Å². The van der Waals surface area contributed by atoms with Gasteiger partial charge in [0.1, 0.15) is 23.4 Å². The van der Waals surface area contributed by atoms with E-state index in [1.807, 2.05) is 12.1 Å². The lowest BCUT2D eigenvalue weighted by Gasteiger charge is -2.46. The summed E-state index contributed by atoms with van der Waals surface area (Å²) in [6, 6.07) is 10.6. The maximum Gasteiger partial charge on any atom is 0.257 e. The Morgan fingerprint density at radius 2 is 1.90 bits per heavy atom. The molecule has 6 nitrogen and oxygen atoms in total. The van der Waals surface area contributed by atoms with Gasteiger partial charge in [0, 0.05) is 38.8 Å². The second kappa shape index (κ2) is 8.33. The number of nitriles is 1. The Morgan fingerprint density at radius 1 is 1.10 bits per heavy atom. The molecule has 4 rings (SSSR count). The van der Waals surface area contributed by atoms with E-state index < -0.39 is 5.82 Å². The van der Waals surface area contributed by atoms with E-state index in [4.69, 9.17) is 5.26 Å². The number of aromatic hydroxyl groups is 2. The standard InChI is InChI=1S/C23H24FN3O3/c24-19-4-5-20(22(29)9-19)23(30)27-7-1-2-16(14-27)18-12-26(13-18)11-15-3-6-21(28)17(8-15)10-25/h3-6,8-9,16,18,28-29H,1-2,7,11-14H2. The van der Waals surface area contributed by atoms with E-state index in [0.717, 1.165) is 44.1 Å². The predicted octanol–water partition coefficient (Wildman–Crippen LogP) is 3.09. The molecule has 0 spiro atoms. The smallest absolute Gasteiger partial charge is 0.257 e. The number of rotatable bonds is 4. The van der Waals surface area contributed by atoms with Crippen molar-refractivity contribution in [1.82, 2.24) is 9.80 Å². The molecule has 0 aliphatic carbocycles. The van der Waals surface area contributed by atoms with Crippen molar-refractivity contribution in [3.05, 3.63) is 58.9 Å². The first-order valence-corrected chi connectivity index (χ1v) is 10.2. The Kier molecular flexibility index (Phi) is 5.60. The van der Waals surface area contributed by atoms with Gasteiger partial charge in [-0.05, 0) is 54.5 Å². The van der Waals surface area contributed by atoms with Gasteiger partial charge in [0.05, 0.1) is 11.1 Å². The lowest BCUT2D eigenvalue weighted by atomic mass is 9.80. The van der Waals surface area contributed by atoms with Gasteiger partial charge in [-0.15, -0.1) is 0 Å². The molecule has 1 atom stereocenters. The zero-order valence-electron chi connectivity index (χ0n) is 16.6. The number of nitrogens with zero attached hydrogens (tertiary/aromatic N) is 3. The van der Waals surface area contributed by atoms with Crippen molar-refractivity contribution in [3.8, 4) is 17.6 Å². The number of hydrogen-bond acceptors (Lipinski definition) is 5. The first-order valence-electron chi connectivity index (χ1n) is 10.2. The lowest BCUT2D eigenvalue weighted by molar-refractivity contribution is 0.0169. The van der Waals surface area contributed by atoms with Gasteiger partial charge in [-0.1, -0.05) is 6.07 Å². The van der Waals surface area contributed by atoms with E-state index >= 15 is 0 Å². The minimum Gasteiger partial charge on any atom is -0.507 e. The Balaban J connectivity index is 1.33. The van der Waals surface area contributed by atoms with Crippen LogP contribution in [0.2, 0.25) is 0 Å². The molecule has 2 aromatic rings. The number of phenolic OH excluding ortho intramolecular Hbond substituents is 2. The summed E-state index contributed by atoms with van der Waals surface area (Å²) in [7, 11) is 0. The minimum absolute atomic E-state index is 0.00175. The van der Waals surface area contributed by atoms with Crippen LogP contribution in [0.4, 0.5) is 4.39 Å². The molecule has 2 aromatic carbocycles. The molecule has 1 amide bonds. The van der Waals surface area contributed by atoms with Crippen LogP contribution in [0.1, 0.15) is 34.3 Å². The van der Waals surface area contributed by atoms with Crippen LogP contribution in [-0.4, -0.2) is 52.1 Å². The van der Waals surface area contributed by atoms with Crippen LogP contribution in [0.15, 0.2) is 36.4 Å². The van der Waals surface area contributed by atoms with Crippen LogP contribution >= 0.6 is 0 Å². The molecular weight excluding hydrogens is 385 g/mol. The number of phenols is 2. The van der Waals surface area contributed by atoms with Crippen molar-refractivity contribution in [2.24, 2.45) is 11.8 Å². The number of carbonyl (C=O) groups is 1. The third kappa shape index (κ3) is 4.10. The fourth-order valence-electron chi connectivity index (χ4n) is 4.50. The number of carbonyl (C=O) groups excluding carboxylic acids is 1. The summed E-state index contributed by atoms with van der Waals surface area (Å²) in [5.41, 5.74) is 1.43. The summed E-state index contributed by atoms with van der Waals surface area (Å²) < 4.78 is 13.2. The Morgan fingerprint density at radius 3 is 2.63 bits per heavy atom. The van der Waals surface area contributed by atoms with Gasteiger partial charge in [-0.3, -0.25) is 9.69 Å². The topological polar surface area (TPSA) is 87.8 Å². The minimum atomic E-state index is -0.564. The quantitative estimate of drug-likeness (QED) is 0.810. The molecule has 156 valence electrons. The van der Waals surface area contributed by atoms with Gasteiger partial charge >= 0.3 is 0 Å². The van der Waals surface area contributed by atoms with Crippen molar-refractivity contribution < 1.29 is 19.4 Å². The molecule has 30 heavy (non-hydrogen) atoms. The Bertz CT molecular complexity index is 998. The van der Waals surface area contributed by atoms with E-state index in [9.17, 15) is 19.4 Å². The van der Waals surface area contributed by atoms with E-state index in [1.165, 1.54) is 12.1 Å². The van der Waals surface area contributed by atoms with Crippen LogP contribution < -0.4 is 0 Å². The molecule has 0 radical (unpaired) electrons. The maximum absolute atomic E-state index is 13.2. The molecule has 2 saturated heterocycles. The average molecular weight is 409 g/mol. The number of piperidine rings is 1. The first-order chi connectivity index (χ1) is 14.4. The highest BCUT2D eigenvalue weighted by atomic mass is 19.1. The summed E-state index contributed by atoms with van der Waals surface area (Å²) in [5.74, 6) is -0.234. The third-order valence-corrected chi connectivity index (χ3v) is 6.17. The fraction of sp³-hybridized carbons (Fsp3) is 0.391. The highest BCUT2D eigenvalue weighted by Gasteiger charge is 2.37. The van der Waals surface area contributed by atoms with Gasteiger partial charge < -0.3 is 15.1 Å². The molecule has 0 saturated carbocycles. The van der Waals surface area contributed by atoms with Crippen LogP contribution in [0.25, 0.3) is 0 Å². The maximum atomic E-state index is 13.2. The van der Waals surface area contributed by atoms with E-state index in [-0.39, 0.29) is 28.5 Å². The molecule has 2 heterocycles. The molecular formula is C23H24FN3O3. The van der Waals surface area contributed by atoms with Crippen LogP contribution in [0.5, 0.6) is 11.5 Å². The Labute approximate surface area is 174 Å². The highest BCUT2D eigenvalue weighted by Crippen LogP contribution is 2.33. The normalized spacial score (nSPS) is 19.9. The zero-order chi connectivity index (χ0) is 21.3. The summed E-state index contributed by atoms with van der Waals surface area (Å²) in [6.07, 6.45) is 1.98. The van der Waals surface area contributed by atoms with Crippen molar-refractivity contribution in [1.29, 1.82) is 5.26 Å². The van der Waals surface area contributed by atoms with Gasteiger partial charge in [0.2, 0.25) is 0 Å². The molecule has 0 aromatic heterocycles. The second-order valence-electron chi connectivity index (χ2n) is 8.23. The van der Waals surface area contributed by atoms with Gasteiger partial charge in [-0.25, -0.2) is 4.39 Å². The van der Waals surface area contributed by atoms with Crippen molar-refractivity contribution >= 4 is 5.91 Å². The largest absolute Gasteiger partial charge is 0.507 e. The molecule has 0 bridgehead atoms. The van der Waals surface area contributed by atoms with E-state index in [1.54, 1.807) is 17.0 Å². The summed E-state index contributed by atoms with van der Waals surface area (Å²) in [6.45, 7) is 3.87. The highest BCUT2D eigenvalue weighted by molar-refractivity contribution is 5.96. The molecule has 1 unspecified atom stereocenters. The van der Waals surface area contributed by atoms with E-state index in [2.05, 4.69) is 4.90 Å². The van der Waals surface area contributed by atoms with E-state index in [0.29, 0.717) is 24.9 Å². The van der Waals surface area contributed by atoms with Gasteiger partial charge in [-0.2, -0.15) is 5.26 Å². The van der Waals surface area contributed by atoms with Crippen molar-refractivity contribution in [3.63, 3.8) is 0 Å². The number of hydrogen-bond donors (Lipinski definition) is 2. The molecule has 2 N–H and O–H groups in total. The molecule has 2 fully saturated rings. The van der Waals surface area contributed by atoms with Gasteiger partial charge in [0.15, 0.2) is 0 Å². The van der Waals surface area contributed by atoms with Gasteiger partial charge in [0.25, 0.3) is 5.91 Å². The lowest BCUT2D eigenvalue weighted by Crippen LogP contribution is -2.53. The summed E-state index contributed by atoms with van der Waals surface area (Å²) in [5, 5.41) is 28.6. The molecule has 2 aliphatic heterocycles. The summed E-state index contributed by atoms with van der Waals surface area (Å²) in [4.78, 5) is 16.8. The Hall–Kier alpha value is -3.11. The number of likely N-dealkylation sites (tertiary alicyclic amines) is 2. The zero-order valence-corrected chi connectivity index (χ0v) is 16.6. The third-order valence-electron chi connectivity index (χ3n) is 6.17. The summed E-state index contributed by atoms with van der Waals surface area (Å²) >= 11 is 0. The number of amides is 1. The van der Waals surface area contributed by atoms with Crippen molar-refractivity contribution in [2.45, 2.75) is 19.4 Å². The molecule has 2 aliphatic rings. The fourth-order valence-corrected chi connectivity index (χ4v) is 4.50. The second-order valence-corrected chi connectivity index (χ2v) is 8.23. The predicted molar refractivity (Wildman–Crippen MR) is 108 cm³/mol. The van der Waals surface area contributed by atoms with Crippen LogP contribution in [0.3, 0.4) is 0 Å². The number of benzene rings is 2. The molecule has 7 heteroatoms. The monoisotopic (exact) mass is 409 g/mol. The average Bonchev–Trinajstić information content (AvgIpc) is 2.71. The van der Waals surface area contributed by atoms with Crippen LogP contribution in [-0.2, 0) is 6.54 Å². The number of halogens is 1. The SMILES string of the molecule is N#Cc1cc(CN2CC(C3CCCN(C(=O)c4ccc(F)cc4O)C3)C2)ccc1O. The first kappa shape index (κ1) is 20.2. The van der Waals surface area contributed by atoms with Crippen LogP contribution in [0, 0.1) is 29.0 Å².